The number of unbranched alkanes of at least 4 members (excludes halogenated alkanes) is 1. The molecule has 1 aromatic heterocycles. The van der Waals surface area contributed by atoms with E-state index < -0.39 is 0 Å². The van der Waals surface area contributed by atoms with Crippen LogP contribution in [0.15, 0.2) is 17.1 Å². The standard InChI is InChI=1S/C16H26N4O3/c1-3-4-5-15(21)17-7-6-14-12-20(8-9-23-14)13-10-16(22)19(2)18-11-13/h10-11,14H,3-9,12H2,1-2H3,(H,17,21)/t14-/m0/s1. The highest BCUT2D eigenvalue weighted by molar-refractivity contribution is 5.75. The van der Waals surface area contributed by atoms with Crippen molar-refractivity contribution in [2.75, 3.05) is 31.1 Å². The van der Waals surface area contributed by atoms with Crippen LogP contribution >= 0.6 is 0 Å². The van der Waals surface area contributed by atoms with Gasteiger partial charge in [-0.3, -0.25) is 9.59 Å². The van der Waals surface area contributed by atoms with Gasteiger partial charge in [0.1, 0.15) is 0 Å². The van der Waals surface area contributed by atoms with E-state index in [2.05, 4.69) is 22.2 Å². The number of rotatable bonds is 7. The zero-order chi connectivity index (χ0) is 16.7. The lowest BCUT2D eigenvalue weighted by atomic mass is 10.2. The van der Waals surface area contributed by atoms with E-state index in [1.807, 2.05) is 0 Å². The van der Waals surface area contributed by atoms with Gasteiger partial charge < -0.3 is 15.0 Å². The Labute approximate surface area is 136 Å². The van der Waals surface area contributed by atoms with E-state index in [0.717, 1.165) is 31.5 Å². The number of amides is 1. The van der Waals surface area contributed by atoms with Crippen molar-refractivity contribution in [1.29, 1.82) is 0 Å². The summed E-state index contributed by atoms with van der Waals surface area (Å²) in [5, 5.41) is 6.99. The molecule has 2 rings (SSSR count). The number of ether oxygens (including phenoxy) is 1. The molecule has 0 spiro atoms. The number of nitrogens with zero attached hydrogens (tertiary/aromatic N) is 3. The number of hydrogen-bond donors (Lipinski definition) is 1. The van der Waals surface area contributed by atoms with Crippen LogP contribution in [0.3, 0.4) is 0 Å². The number of hydrogen-bond acceptors (Lipinski definition) is 5. The van der Waals surface area contributed by atoms with Crippen molar-refractivity contribution in [3.05, 3.63) is 22.6 Å². The maximum atomic E-state index is 11.7. The first-order valence-corrected chi connectivity index (χ1v) is 8.26. The van der Waals surface area contributed by atoms with Gasteiger partial charge >= 0.3 is 0 Å². The van der Waals surface area contributed by atoms with Crippen LogP contribution in [0.25, 0.3) is 0 Å². The molecule has 1 fully saturated rings. The Hall–Kier alpha value is -1.89. The van der Waals surface area contributed by atoms with Gasteiger partial charge in [-0.2, -0.15) is 5.10 Å². The molecule has 0 bridgehead atoms. The molecule has 0 aromatic carbocycles. The van der Waals surface area contributed by atoms with Gasteiger partial charge in [0, 0.05) is 39.2 Å². The van der Waals surface area contributed by atoms with Gasteiger partial charge in [-0.25, -0.2) is 4.68 Å². The second-order valence-corrected chi connectivity index (χ2v) is 5.86. The highest BCUT2D eigenvalue weighted by atomic mass is 16.5. The lowest BCUT2D eigenvalue weighted by Gasteiger charge is -2.34. The molecule has 2 heterocycles. The Bertz CT molecular complexity index is 573. The molecule has 1 aliphatic heterocycles. The lowest BCUT2D eigenvalue weighted by molar-refractivity contribution is -0.121. The van der Waals surface area contributed by atoms with Crippen molar-refractivity contribution in [3.63, 3.8) is 0 Å². The summed E-state index contributed by atoms with van der Waals surface area (Å²) in [7, 11) is 1.63. The summed E-state index contributed by atoms with van der Waals surface area (Å²) in [6.45, 7) is 4.76. The fraction of sp³-hybridized carbons (Fsp3) is 0.688. The van der Waals surface area contributed by atoms with E-state index in [4.69, 9.17) is 4.74 Å². The molecule has 128 valence electrons. The Balaban J connectivity index is 1.80. The maximum absolute atomic E-state index is 11.7. The van der Waals surface area contributed by atoms with Crippen molar-refractivity contribution >= 4 is 11.6 Å². The highest BCUT2D eigenvalue weighted by Crippen LogP contribution is 2.16. The van der Waals surface area contributed by atoms with Gasteiger partial charge in [0.05, 0.1) is 24.6 Å². The monoisotopic (exact) mass is 322 g/mol. The molecule has 1 atom stereocenters. The third kappa shape index (κ3) is 5.35. The van der Waals surface area contributed by atoms with E-state index in [0.29, 0.717) is 26.1 Å². The zero-order valence-corrected chi connectivity index (χ0v) is 14.0. The molecule has 0 aliphatic carbocycles. The summed E-state index contributed by atoms with van der Waals surface area (Å²) < 4.78 is 7.06. The average Bonchev–Trinajstić information content (AvgIpc) is 2.56. The maximum Gasteiger partial charge on any atom is 0.268 e. The summed E-state index contributed by atoms with van der Waals surface area (Å²) in [6, 6.07) is 1.60. The van der Waals surface area contributed by atoms with Gasteiger partial charge in [0.2, 0.25) is 5.91 Å². The van der Waals surface area contributed by atoms with Crippen LogP contribution in [0.4, 0.5) is 5.69 Å². The summed E-state index contributed by atoms with van der Waals surface area (Å²) >= 11 is 0. The molecular formula is C16H26N4O3. The summed E-state index contributed by atoms with van der Waals surface area (Å²) in [5.41, 5.74) is 0.710. The second-order valence-electron chi connectivity index (χ2n) is 5.86. The van der Waals surface area contributed by atoms with E-state index in [-0.39, 0.29) is 17.6 Å². The van der Waals surface area contributed by atoms with Gasteiger partial charge in [0.15, 0.2) is 0 Å². The molecule has 1 amide bonds. The first-order chi connectivity index (χ1) is 11.1. The van der Waals surface area contributed by atoms with Crippen LogP contribution in [0.1, 0.15) is 32.6 Å². The molecule has 0 saturated carbocycles. The largest absolute Gasteiger partial charge is 0.374 e. The molecule has 7 heteroatoms. The van der Waals surface area contributed by atoms with E-state index >= 15 is 0 Å². The van der Waals surface area contributed by atoms with Gasteiger partial charge in [0.25, 0.3) is 5.56 Å². The van der Waals surface area contributed by atoms with Crippen molar-refractivity contribution in [3.8, 4) is 0 Å². The van der Waals surface area contributed by atoms with Crippen LogP contribution in [-0.2, 0) is 16.6 Å². The first kappa shape index (κ1) is 17.5. The molecular weight excluding hydrogens is 296 g/mol. The second kappa shape index (κ2) is 8.67. The van der Waals surface area contributed by atoms with Crippen LogP contribution in [0.5, 0.6) is 0 Å². The van der Waals surface area contributed by atoms with Gasteiger partial charge in [-0.05, 0) is 12.8 Å². The lowest BCUT2D eigenvalue weighted by Crippen LogP contribution is -2.44. The van der Waals surface area contributed by atoms with Crippen LogP contribution in [0, 0.1) is 0 Å². The number of aromatic nitrogens is 2. The van der Waals surface area contributed by atoms with Crippen molar-refractivity contribution < 1.29 is 9.53 Å². The van der Waals surface area contributed by atoms with Crippen molar-refractivity contribution in [2.45, 2.75) is 38.7 Å². The number of anilines is 1. The molecule has 1 aliphatic rings. The number of nitrogens with one attached hydrogen (secondary N) is 1. The Kier molecular flexibility index (Phi) is 6.58. The smallest absolute Gasteiger partial charge is 0.268 e. The Morgan fingerprint density at radius 2 is 2.35 bits per heavy atom. The van der Waals surface area contributed by atoms with Gasteiger partial charge in [-0.15, -0.1) is 0 Å². The quantitative estimate of drug-likeness (QED) is 0.799. The first-order valence-electron chi connectivity index (χ1n) is 8.26. The molecule has 0 unspecified atom stereocenters. The third-order valence-electron chi connectivity index (χ3n) is 4.00. The minimum atomic E-state index is -0.117. The predicted octanol–water partition coefficient (Wildman–Crippen LogP) is 0.682. The zero-order valence-electron chi connectivity index (χ0n) is 14.0. The summed E-state index contributed by atoms with van der Waals surface area (Å²) in [5.74, 6) is 0.107. The summed E-state index contributed by atoms with van der Waals surface area (Å²) in [6.07, 6.45) is 5.07. The van der Waals surface area contributed by atoms with Crippen molar-refractivity contribution in [2.24, 2.45) is 7.05 Å². The average molecular weight is 322 g/mol. The third-order valence-corrected chi connectivity index (χ3v) is 4.00. The number of morpholine rings is 1. The van der Waals surface area contributed by atoms with Crippen LogP contribution < -0.4 is 15.8 Å². The molecule has 7 nitrogen and oxygen atoms in total. The molecule has 0 radical (unpaired) electrons. The SMILES string of the molecule is CCCCC(=O)NCC[C@H]1CN(c2cnn(C)c(=O)c2)CCO1. The molecule has 1 saturated heterocycles. The minimum Gasteiger partial charge on any atom is -0.374 e. The van der Waals surface area contributed by atoms with E-state index in [1.54, 1.807) is 19.3 Å². The Morgan fingerprint density at radius 1 is 1.52 bits per heavy atom. The van der Waals surface area contributed by atoms with E-state index in [1.165, 1.54) is 4.68 Å². The van der Waals surface area contributed by atoms with Crippen LogP contribution in [-0.4, -0.2) is 48.0 Å². The molecule has 1 N–H and O–H groups in total. The van der Waals surface area contributed by atoms with Crippen LogP contribution in [0.2, 0.25) is 0 Å². The van der Waals surface area contributed by atoms with E-state index in [9.17, 15) is 9.59 Å². The fourth-order valence-corrected chi connectivity index (χ4v) is 2.56. The fourth-order valence-electron chi connectivity index (χ4n) is 2.56. The molecule has 1 aromatic rings. The van der Waals surface area contributed by atoms with Crippen molar-refractivity contribution in [1.82, 2.24) is 15.1 Å². The predicted molar refractivity (Wildman–Crippen MR) is 88.6 cm³/mol. The summed E-state index contributed by atoms with van der Waals surface area (Å²) in [4.78, 5) is 25.4. The number of carbonyl (C=O) groups excluding carboxylic acids is 1. The highest BCUT2D eigenvalue weighted by Gasteiger charge is 2.21. The van der Waals surface area contributed by atoms with Gasteiger partial charge in [-0.1, -0.05) is 13.3 Å². The number of aryl methyl sites for hydroxylation is 1. The molecule has 23 heavy (non-hydrogen) atoms. The topological polar surface area (TPSA) is 76.5 Å². The minimum absolute atomic E-state index is 0.0549. The number of carbonyl (C=O) groups is 1. The normalized spacial score (nSPS) is 18.0. The Morgan fingerprint density at radius 3 is 3.09 bits per heavy atom.